The Bertz CT molecular complexity index is 2080. The van der Waals surface area contributed by atoms with Gasteiger partial charge < -0.3 is 5.32 Å². The molecular formula is C38H23N4-. The minimum Gasteiger partial charge on any atom is -0.673 e. The summed E-state index contributed by atoms with van der Waals surface area (Å²) in [6.07, 6.45) is 7.37. The Morgan fingerprint density at radius 2 is 1.17 bits per heavy atom. The van der Waals surface area contributed by atoms with Crippen LogP contribution in [0.2, 0.25) is 0 Å². The van der Waals surface area contributed by atoms with Gasteiger partial charge >= 0.3 is 0 Å². The van der Waals surface area contributed by atoms with Gasteiger partial charge in [0, 0.05) is 11.8 Å². The lowest BCUT2D eigenvalue weighted by atomic mass is 9.85. The molecule has 4 nitrogen and oxygen atoms in total. The highest BCUT2D eigenvalue weighted by Gasteiger charge is 2.17. The second-order valence-corrected chi connectivity index (χ2v) is 10.2. The Morgan fingerprint density at radius 1 is 0.595 bits per heavy atom. The van der Waals surface area contributed by atoms with Crippen LogP contribution in [0.1, 0.15) is 11.3 Å². The Hall–Kier alpha value is -5.97. The van der Waals surface area contributed by atoms with Crippen molar-refractivity contribution in [3.05, 3.63) is 150 Å². The molecule has 42 heavy (non-hydrogen) atoms. The third-order valence-electron chi connectivity index (χ3n) is 7.74. The first-order valence-electron chi connectivity index (χ1n) is 13.7. The molecular weight excluding hydrogens is 512 g/mol. The summed E-state index contributed by atoms with van der Waals surface area (Å²) >= 11 is 0. The van der Waals surface area contributed by atoms with E-state index in [-0.39, 0.29) is 0 Å². The average molecular weight is 536 g/mol. The number of nitrogens with zero attached hydrogens (tertiary/aromatic N) is 4. The normalized spacial score (nSPS) is 14.1. The number of rotatable bonds is 4. The first-order valence-corrected chi connectivity index (χ1v) is 13.7. The van der Waals surface area contributed by atoms with E-state index < -0.39 is 6.04 Å². The highest BCUT2D eigenvalue weighted by Crippen LogP contribution is 2.44. The van der Waals surface area contributed by atoms with Crippen LogP contribution in [0.4, 0.5) is 0 Å². The Morgan fingerprint density at radius 3 is 1.67 bits per heavy atom. The number of hydrogen-bond acceptors (Lipinski definition) is 3. The minimum absolute atomic E-state index is 0.406. The molecule has 0 saturated carbocycles. The van der Waals surface area contributed by atoms with Crippen LogP contribution in [0.25, 0.3) is 65.8 Å². The SMILES string of the molecule is N#Cc1ccc(-c2cccc(-c3c4ccccc4c(-c4cccc(C5=C[N-]C(C#N)C=C5)c4)c4ccccc34)c2)cn1. The number of aromatic nitrogens is 1. The molecule has 0 N–H and O–H groups in total. The molecule has 1 unspecified atom stereocenters. The van der Waals surface area contributed by atoms with Crippen LogP contribution in [0, 0.1) is 22.7 Å². The number of hydrogen-bond donors (Lipinski definition) is 0. The highest BCUT2D eigenvalue weighted by atomic mass is 14.9. The zero-order chi connectivity index (χ0) is 28.5. The maximum Gasteiger partial charge on any atom is 0.140 e. The molecule has 1 atom stereocenters. The van der Waals surface area contributed by atoms with E-state index in [4.69, 9.17) is 5.26 Å². The average Bonchev–Trinajstić information content (AvgIpc) is 3.07. The Balaban J connectivity index is 1.43. The number of fused-ring (bicyclic) bond motifs is 2. The molecule has 1 aliphatic heterocycles. The molecule has 0 fully saturated rings. The number of allylic oxidation sites excluding steroid dienone is 2. The third kappa shape index (κ3) is 4.38. The van der Waals surface area contributed by atoms with E-state index in [1.165, 1.54) is 32.7 Å². The van der Waals surface area contributed by atoms with Crippen LogP contribution in [0.3, 0.4) is 0 Å². The molecule has 0 spiro atoms. The summed E-state index contributed by atoms with van der Waals surface area (Å²) in [6.45, 7) is 0. The molecule has 1 aromatic heterocycles. The summed E-state index contributed by atoms with van der Waals surface area (Å²) in [6, 6.07) is 41.8. The van der Waals surface area contributed by atoms with Crippen molar-refractivity contribution >= 4 is 27.1 Å². The first-order chi connectivity index (χ1) is 20.7. The van der Waals surface area contributed by atoms with Crippen molar-refractivity contribution in [2.24, 2.45) is 0 Å². The summed E-state index contributed by atoms with van der Waals surface area (Å²) < 4.78 is 0. The molecule has 196 valence electrons. The Kier molecular flexibility index (Phi) is 6.28. The van der Waals surface area contributed by atoms with Gasteiger partial charge in [-0.3, -0.25) is 0 Å². The van der Waals surface area contributed by atoms with Gasteiger partial charge in [-0.2, -0.15) is 16.7 Å². The molecule has 7 rings (SSSR count). The van der Waals surface area contributed by atoms with Crippen LogP contribution in [-0.2, 0) is 0 Å². The first kappa shape index (κ1) is 25.0. The summed E-state index contributed by atoms with van der Waals surface area (Å²) in [5.74, 6) is 0. The summed E-state index contributed by atoms with van der Waals surface area (Å²) in [7, 11) is 0. The van der Waals surface area contributed by atoms with Gasteiger partial charge in [-0.05, 0) is 90.8 Å². The quantitative estimate of drug-likeness (QED) is 0.211. The third-order valence-corrected chi connectivity index (χ3v) is 7.74. The topological polar surface area (TPSA) is 74.6 Å². The van der Waals surface area contributed by atoms with E-state index >= 15 is 0 Å². The molecule has 0 bridgehead atoms. The minimum atomic E-state index is -0.427. The molecule has 0 radical (unpaired) electrons. The van der Waals surface area contributed by atoms with Gasteiger partial charge in [0.15, 0.2) is 0 Å². The fraction of sp³-hybridized carbons (Fsp3) is 0.0263. The highest BCUT2D eigenvalue weighted by molar-refractivity contribution is 6.21. The fourth-order valence-electron chi connectivity index (χ4n) is 5.78. The van der Waals surface area contributed by atoms with E-state index in [0.717, 1.165) is 33.4 Å². The van der Waals surface area contributed by atoms with Crippen molar-refractivity contribution in [3.63, 3.8) is 0 Å². The van der Waals surface area contributed by atoms with Gasteiger partial charge in [0.2, 0.25) is 0 Å². The van der Waals surface area contributed by atoms with Gasteiger partial charge in [0.05, 0.1) is 6.07 Å². The predicted octanol–water partition coefficient (Wildman–Crippen LogP) is 9.44. The van der Waals surface area contributed by atoms with Crippen molar-refractivity contribution in [1.29, 1.82) is 10.5 Å². The Labute approximate surface area is 244 Å². The monoisotopic (exact) mass is 535 g/mol. The van der Waals surface area contributed by atoms with Gasteiger partial charge in [0.25, 0.3) is 0 Å². The van der Waals surface area contributed by atoms with Crippen LogP contribution >= 0.6 is 0 Å². The lowest BCUT2D eigenvalue weighted by Gasteiger charge is -2.25. The lowest BCUT2D eigenvalue weighted by Crippen LogP contribution is -2.00. The molecule has 0 amide bonds. The van der Waals surface area contributed by atoms with E-state index in [0.29, 0.717) is 5.69 Å². The molecule has 5 aromatic carbocycles. The maximum atomic E-state index is 9.20. The standard InChI is InChI=1S/C38H23N4/c39-21-31-17-15-29(23-41-31)25-7-5-9-27(19-25)37-33-11-1-2-12-34(33)38(36-14-4-3-13-35(36)37)28-10-6-8-26(20-28)30-16-18-32(22-40)42-24-30/h1-20,23-24,31H/q-1. The van der Waals surface area contributed by atoms with E-state index in [9.17, 15) is 5.26 Å². The van der Waals surface area contributed by atoms with Gasteiger partial charge in [-0.1, -0.05) is 97.1 Å². The van der Waals surface area contributed by atoms with Crippen molar-refractivity contribution in [1.82, 2.24) is 4.98 Å². The largest absolute Gasteiger partial charge is 0.673 e. The van der Waals surface area contributed by atoms with Gasteiger partial charge in [-0.15, -0.1) is 0 Å². The lowest BCUT2D eigenvalue weighted by molar-refractivity contribution is 1.17. The zero-order valence-corrected chi connectivity index (χ0v) is 22.6. The van der Waals surface area contributed by atoms with Crippen molar-refractivity contribution in [2.45, 2.75) is 6.04 Å². The molecule has 4 heteroatoms. The smallest absolute Gasteiger partial charge is 0.140 e. The van der Waals surface area contributed by atoms with Crippen molar-refractivity contribution in [3.8, 4) is 45.5 Å². The predicted molar refractivity (Wildman–Crippen MR) is 170 cm³/mol. The van der Waals surface area contributed by atoms with Crippen LogP contribution in [0.15, 0.2) is 134 Å². The summed E-state index contributed by atoms with van der Waals surface area (Å²) in [4.78, 5) is 4.28. The van der Waals surface area contributed by atoms with Crippen LogP contribution in [-0.4, -0.2) is 11.0 Å². The maximum absolute atomic E-state index is 9.20. The molecule has 0 saturated heterocycles. The van der Waals surface area contributed by atoms with E-state index in [1.54, 1.807) is 18.5 Å². The zero-order valence-electron chi connectivity index (χ0n) is 22.6. The van der Waals surface area contributed by atoms with Crippen molar-refractivity contribution < 1.29 is 0 Å². The molecule has 6 aromatic rings. The number of benzene rings is 5. The molecule has 0 aliphatic carbocycles. The number of nitriles is 2. The summed E-state index contributed by atoms with van der Waals surface area (Å²) in [5, 5.41) is 27.4. The van der Waals surface area contributed by atoms with Crippen LogP contribution in [0.5, 0.6) is 0 Å². The molecule has 2 heterocycles. The van der Waals surface area contributed by atoms with E-state index in [2.05, 4.69) is 120 Å². The van der Waals surface area contributed by atoms with Gasteiger partial charge in [-0.25, -0.2) is 4.98 Å². The van der Waals surface area contributed by atoms with Crippen molar-refractivity contribution in [2.75, 3.05) is 0 Å². The van der Waals surface area contributed by atoms with Crippen LogP contribution < -0.4 is 0 Å². The second kappa shape index (κ2) is 10.5. The van der Waals surface area contributed by atoms with E-state index in [1.807, 2.05) is 18.2 Å². The summed E-state index contributed by atoms with van der Waals surface area (Å²) in [5.41, 5.74) is 9.09. The van der Waals surface area contributed by atoms with Gasteiger partial charge in [0.1, 0.15) is 11.8 Å². The second-order valence-electron chi connectivity index (χ2n) is 10.2. The fourth-order valence-corrected chi connectivity index (χ4v) is 5.78. The number of pyridine rings is 1. The molecule has 1 aliphatic rings.